The SMILES string of the molecule is COc1ccc(S(=O)(=O)/C(C#N)=C\N2CCOCC2)cc1. The first-order chi connectivity index (χ1) is 10.1. The third kappa shape index (κ3) is 3.54. The number of hydrogen-bond acceptors (Lipinski definition) is 6. The molecule has 2 rings (SSSR count). The lowest BCUT2D eigenvalue weighted by Gasteiger charge is -2.25. The lowest BCUT2D eigenvalue weighted by Crippen LogP contribution is -2.32. The van der Waals surface area contributed by atoms with E-state index >= 15 is 0 Å². The highest BCUT2D eigenvalue weighted by Crippen LogP contribution is 2.22. The molecule has 0 aromatic heterocycles. The summed E-state index contributed by atoms with van der Waals surface area (Å²) in [6, 6.07) is 7.74. The van der Waals surface area contributed by atoms with Crippen LogP contribution in [0.4, 0.5) is 0 Å². The van der Waals surface area contributed by atoms with Gasteiger partial charge in [-0.2, -0.15) is 5.26 Å². The van der Waals surface area contributed by atoms with Crippen molar-refractivity contribution in [2.45, 2.75) is 4.90 Å². The molecule has 1 aliphatic rings. The van der Waals surface area contributed by atoms with E-state index in [2.05, 4.69) is 0 Å². The molecule has 6 nitrogen and oxygen atoms in total. The number of methoxy groups -OCH3 is 1. The van der Waals surface area contributed by atoms with Crippen LogP contribution in [0.1, 0.15) is 0 Å². The Morgan fingerprint density at radius 3 is 2.48 bits per heavy atom. The van der Waals surface area contributed by atoms with Crippen molar-refractivity contribution in [3.63, 3.8) is 0 Å². The number of benzene rings is 1. The maximum Gasteiger partial charge on any atom is 0.218 e. The second-order valence-electron chi connectivity index (χ2n) is 4.43. The summed E-state index contributed by atoms with van der Waals surface area (Å²) in [5.74, 6) is 0.560. The predicted molar refractivity (Wildman–Crippen MR) is 76.3 cm³/mol. The summed E-state index contributed by atoms with van der Waals surface area (Å²) < 4.78 is 35.1. The Labute approximate surface area is 124 Å². The van der Waals surface area contributed by atoms with Gasteiger partial charge in [-0.25, -0.2) is 8.42 Å². The maximum absolute atomic E-state index is 12.4. The molecular formula is C14H16N2O4S. The number of ether oxygens (including phenoxy) is 2. The molecule has 1 heterocycles. The molecule has 0 atom stereocenters. The van der Waals surface area contributed by atoms with E-state index in [1.165, 1.54) is 25.4 Å². The van der Waals surface area contributed by atoms with Gasteiger partial charge in [0.1, 0.15) is 11.8 Å². The predicted octanol–water partition coefficient (Wildman–Crippen LogP) is 1.17. The Bertz CT molecular complexity index is 653. The average Bonchev–Trinajstić information content (AvgIpc) is 2.53. The lowest BCUT2D eigenvalue weighted by atomic mass is 10.3. The summed E-state index contributed by atoms with van der Waals surface area (Å²) in [5, 5.41) is 9.17. The monoisotopic (exact) mass is 308 g/mol. The zero-order chi connectivity index (χ0) is 15.3. The molecule has 1 aromatic carbocycles. The molecular weight excluding hydrogens is 292 g/mol. The van der Waals surface area contributed by atoms with Crippen LogP contribution < -0.4 is 4.74 Å². The van der Waals surface area contributed by atoms with Crippen molar-refractivity contribution in [2.75, 3.05) is 33.4 Å². The number of hydrogen-bond donors (Lipinski definition) is 0. The number of sulfone groups is 1. The summed E-state index contributed by atoms with van der Waals surface area (Å²) in [7, 11) is -2.31. The van der Waals surface area contributed by atoms with E-state index < -0.39 is 9.84 Å². The summed E-state index contributed by atoms with van der Waals surface area (Å²) in [6.45, 7) is 2.20. The van der Waals surface area contributed by atoms with Gasteiger partial charge < -0.3 is 14.4 Å². The number of allylic oxidation sites excluding steroid dienone is 1. The van der Waals surface area contributed by atoms with E-state index in [-0.39, 0.29) is 9.80 Å². The first-order valence-electron chi connectivity index (χ1n) is 6.41. The summed E-state index contributed by atoms with van der Waals surface area (Å²) in [4.78, 5) is 1.59. The highest BCUT2D eigenvalue weighted by atomic mass is 32.2. The molecule has 0 spiro atoms. The second kappa shape index (κ2) is 6.61. The Morgan fingerprint density at radius 2 is 1.95 bits per heavy atom. The summed E-state index contributed by atoms with van der Waals surface area (Å²) in [6.07, 6.45) is 1.39. The summed E-state index contributed by atoms with van der Waals surface area (Å²) >= 11 is 0. The average molecular weight is 308 g/mol. The fourth-order valence-corrected chi connectivity index (χ4v) is 3.07. The van der Waals surface area contributed by atoms with Gasteiger partial charge in [0.05, 0.1) is 25.2 Å². The van der Waals surface area contributed by atoms with Crippen LogP contribution in [0.3, 0.4) is 0 Å². The molecule has 0 saturated carbocycles. The van der Waals surface area contributed by atoms with E-state index in [1.807, 2.05) is 0 Å². The zero-order valence-electron chi connectivity index (χ0n) is 11.7. The van der Waals surface area contributed by atoms with Gasteiger partial charge in [0, 0.05) is 19.3 Å². The zero-order valence-corrected chi connectivity index (χ0v) is 12.5. The molecule has 1 aliphatic heterocycles. The largest absolute Gasteiger partial charge is 0.497 e. The molecule has 1 saturated heterocycles. The van der Waals surface area contributed by atoms with Crippen molar-refractivity contribution in [3.05, 3.63) is 35.4 Å². The Kier molecular flexibility index (Phi) is 4.83. The van der Waals surface area contributed by atoms with Crippen molar-refractivity contribution in [1.82, 2.24) is 4.90 Å². The standard InChI is InChI=1S/C14H16N2O4S/c1-19-12-2-4-13(5-3-12)21(17,18)14(10-15)11-16-6-8-20-9-7-16/h2-5,11H,6-9H2,1H3/b14-11-. The van der Waals surface area contributed by atoms with Crippen LogP contribution >= 0.6 is 0 Å². The van der Waals surface area contributed by atoms with Crippen LogP contribution in [0.15, 0.2) is 40.3 Å². The fourth-order valence-electron chi connectivity index (χ4n) is 1.91. The van der Waals surface area contributed by atoms with Crippen LogP contribution in [0.5, 0.6) is 5.75 Å². The minimum absolute atomic E-state index is 0.0735. The topological polar surface area (TPSA) is 79.6 Å². The van der Waals surface area contributed by atoms with E-state index in [0.717, 1.165) is 0 Å². The fraction of sp³-hybridized carbons (Fsp3) is 0.357. The minimum atomic E-state index is -3.81. The molecule has 0 bridgehead atoms. The van der Waals surface area contributed by atoms with Crippen molar-refractivity contribution in [1.29, 1.82) is 5.26 Å². The van der Waals surface area contributed by atoms with E-state index in [0.29, 0.717) is 32.1 Å². The number of nitriles is 1. The highest BCUT2D eigenvalue weighted by molar-refractivity contribution is 7.95. The lowest BCUT2D eigenvalue weighted by molar-refractivity contribution is 0.0593. The maximum atomic E-state index is 12.4. The molecule has 1 fully saturated rings. The van der Waals surface area contributed by atoms with Crippen LogP contribution in [0.2, 0.25) is 0 Å². The molecule has 0 aliphatic carbocycles. The molecule has 0 amide bonds. The van der Waals surface area contributed by atoms with Gasteiger partial charge in [0.25, 0.3) is 0 Å². The van der Waals surface area contributed by atoms with Gasteiger partial charge in [-0.3, -0.25) is 0 Å². The van der Waals surface area contributed by atoms with Gasteiger partial charge in [0.15, 0.2) is 4.91 Å². The van der Waals surface area contributed by atoms with Crippen LogP contribution in [-0.2, 0) is 14.6 Å². The molecule has 0 N–H and O–H groups in total. The van der Waals surface area contributed by atoms with Crippen LogP contribution in [0.25, 0.3) is 0 Å². The molecule has 0 radical (unpaired) electrons. The van der Waals surface area contributed by atoms with Gasteiger partial charge >= 0.3 is 0 Å². The van der Waals surface area contributed by atoms with Crippen molar-refractivity contribution < 1.29 is 17.9 Å². The number of morpholine rings is 1. The molecule has 7 heteroatoms. The molecule has 21 heavy (non-hydrogen) atoms. The first kappa shape index (κ1) is 15.4. The van der Waals surface area contributed by atoms with Gasteiger partial charge in [-0.15, -0.1) is 0 Å². The molecule has 112 valence electrons. The third-order valence-corrected chi connectivity index (χ3v) is 4.78. The number of rotatable bonds is 4. The smallest absolute Gasteiger partial charge is 0.218 e. The second-order valence-corrected chi connectivity index (χ2v) is 6.35. The number of nitrogens with zero attached hydrogens (tertiary/aromatic N) is 2. The van der Waals surface area contributed by atoms with Crippen LogP contribution in [0, 0.1) is 11.3 Å². The van der Waals surface area contributed by atoms with Gasteiger partial charge in [0.2, 0.25) is 9.84 Å². The van der Waals surface area contributed by atoms with E-state index in [4.69, 9.17) is 9.47 Å². The van der Waals surface area contributed by atoms with Gasteiger partial charge in [-0.05, 0) is 24.3 Å². The quantitative estimate of drug-likeness (QED) is 0.777. The Balaban J connectivity index is 2.30. The first-order valence-corrected chi connectivity index (χ1v) is 7.89. The summed E-state index contributed by atoms with van der Waals surface area (Å²) in [5.41, 5.74) is 0. The van der Waals surface area contributed by atoms with Crippen molar-refractivity contribution in [3.8, 4) is 11.8 Å². The normalized spacial score (nSPS) is 16.4. The minimum Gasteiger partial charge on any atom is -0.497 e. The van der Waals surface area contributed by atoms with E-state index in [1.54, 1.807) is 23.1 Å². The van der Waals surface area contributed by atoms with Gasteiger partial charge in [-0.1, -0.05) is 0 Å². The van der Waals surface area contributed by atoms with Crippen LogP contribution in [-0.4, -0.2) is 46.7 Å². The third-order valence-electron chi connectivity index (χ3n) is 3.11. The molecule has 0 unspecified atom stereocenters. The van der Waals surface area contributed by atoms with Crippen molar-refractivity contribution in [2.24, 2.45) is 0 Å². The Hall–Kier alpha value is -2.04. The Morgan fingerprint density at radius 1 is 1.33 bits per heavy atom. The van der Waals surface area contributed by atoms with E-state index in [9.17, 15) is 13.7 Å². The highest BCUT2D eigenvalue weighted by Gasteiger charge is 2.22. The molecule has 1 aromatic rings. The van der Waals surface area contributed by atoms with Crippen molar-refractivity contribution >= 4 is 9.84 Å².